The molecule has 3 aromatic rings. The van der Waals surface area contributed by atoms with Crippen molar-refractivity contribution in [3.8, 4) is 11.5 Å². The first kappa shape index (κ1) is 17.0. The van der Waals surface area contributed by atoms with Crippen molar-refractivity contribution in [2.75, 3.05) is 11.9 Å². The predicted octanol–water partition coefficient (Wildman–Crippen LogP) is 5.00. The van der Waals surface area contributed by atoms with Gasteiger partial charge in [-0.3, -0.25) is 0 Å². The number of ether oxygens (including phenoxy) is 1. The minimum Gasteiger partial charge on any atom is -0.457 e. The third kappa shape index (κ3) is 4.17. The molecule has 0 saturated heterocycles. The number of fused-ring (bicyclic) bond motifs is 1. The Balaban J connectivity index is 1.84. The number of nitrogens with one attached hydrogen (secondary N) is 2. The van der Waals surface area contributed by atoms with Crippen molar-refractivity contribution in [2.45, 2.75) is 12.6 Å². The van der Waals surface area contributed by atoms with Crippen LogP contribution in [0.4, 0.5) is 27.6 Å². The van der Waals surface area contributed by atoms with Gasteiger partial charge in [0.1, 0.15) is 17.0 Å². The van der Waals surface area contributed by atoms with Crippen LogP contribution in [0.2, 0.25) is 0 Å². The Morgan fingerprint density at radius 3 is 2.56 bits per heavy atom. The molecule has 0 atom stereocenters. The number of rotatable bonds is 5. The lowest BCUT2D eigenvalue weighted by molar-refractivity contribution is -0.131. The zero-order chi connectivity index (χ0) is 18.0. The van der Waals surface area contributed by atoms with Gasteiger partial charge in [-0.1, -0.05) is 0 Å². The number of hydrogen-bond acceptors (Lipinski definition) is 3. The van der Waals surface area contributed by atoms with Gasteiger partial charge in [0.2, 0.25) is 0 Å². The number of H-pyrrole nitrogens is 1. The fourth-order valence-electron chi connectivity index (χ4n) is 2.23. The van der Waals surface area contributed by atoms with Crippen molar-refractivity contribution in [2.24, 2.45) is 0 Å². The van der Waals surface area contributed by atoms with Gasteiger partial charge in [-0.2, -0.15) is 13.2 Å². The Morgan fingerprint density at radius 1 is 1.04 bits per heavy atom. The number of hydrogen-bond donors (Lipinski definition) is 2. The maximum absolute atomic E-state index is 13.3. The van der Waals surface area contributed by atoms with Crippen LogP contribution in [0.5, 0.6) is 11.5 Å². The van der Waals surface area contributed by atoms with Crippen molar-refractivity contribution >= 4 is 16.7 Å². The molecule has 0 radical (unpaired) electrons. The minimum absolute atomic E-state index is 0.0546. The zero-order valence-corrected chi connectivity index (χ0v) is 12.6. The third-order valence-corrected chi connectivity index (χ3v) is 3.35. The number of nitrogens with zero attached hydrogens (tertiary/aromatic N) is 1. The number of anilines is 1. The van der Waals surface area contributed by atoms with Gasteiger partial charge < -0.3 is 15.0 Å². The van der Waals surface area contributed by atoms with Gasteiger partial charge >= 0.3 is 6.18 Å². The summed E-state index contributed by atoms with van der Waals surface area (Å²) < 4.78 is 68.6. The summed E-state index contributed by atoms with van der Waals surface area (Å²) in [5.74, 6) is -1.79. The smallest absolute Gasteiger partial charge is 0.390 e. The summed E-state index contributed by atoms with van der Waals surface area (Å²) in [5.41, 5.74) is 1.30. The first-order valence-corrected chi connectivity index (χ1v) is 7.22. The quantitative estimate of drug-likeness (QED) is 0.632. The highest BCUT2D eigenvalue weighted by Crippen LogP contribution is 2.31. The summed E-state index contributed by atoms with van der Waals surface area (Å²) in [6, 6.07) is 6.04. The summed E-state index contributed by atoms with van der Waals surface area (Å²) in [5, 5.41) is 2.66. The maximum atomic E-state index is 13.3. The third-order valence-electron chi connectivity index (χ3n) is 3.35. The lowest BCUT2D eigenvalue weighted by atomic mass is 10.2. The molecule has 25 heavy (non-hydrogen) atoms. The van der Waals surface area contributed by atoms with Crippen LogP contribution in [0.25, 0.3) is 11.0 Å². The van der Waals surface area contributed by atoms with Crippen LogP contribution in [0, 0.1) is 11.6 Å². The fourth-order valence-corrected chi connectivity index (χ4v) is 2.23. The Kier molecular flexibility index (Phi) is 4.47. The number of halogens is 5. The van der Waals surface area contributed by atoms with Crippen LogP contribution in [0.15, 0.2) is 36.7 Å². The topological polar surface area (TPSA) is 49.9 Å². The molecule has 0 unspecified atom stereocenters. The van der Waals surface area contributed by atoms with E-state index in [1.54, 1.807) is 6.07 Å². The second kappa shape index (κ2) is 6.58. The normalized spacial score (nSPS) is 11.7. The van der Waals surface area contributed by atoms with Gasteiger partial charge in [0.05, 0.1) is 24.0 Å². The average Bonchev–Trinajstić information content (AvgIpc) is 2.98. The van der Waals surface area contributed by atoms with Crippen LogP contribution in [0.3, 0.4) is 0 Å². The molecule has 1 aromatic heterocycles. The van der Waals surface area contributed by atoms with Crippen LogP contribution in [-0.2, 0) is 0 Å². The summed E-state index contributed by atoms with van der Waals surface area (Å²) in [4.78, 5) is 6.87. The van der Waals surface area contributed by atoms with Gasteiger partial charge in [0.15, 0.2) is 11.6 Å². The molecule has 0 aliphatic carbocycles. The lowest BCUT2D eigenvalue weighted by Crippen LogP contribution is -2.14. The molecular weight excluding hydrogens is 345 g/mol. The Morgan fingerprint density at radius 2 is 1.84 bits per heavy atom. The molecule has 132 valence electrons. The van der Waals surface area contributed by atoms with Crippen molar-refractivity contribution < 1.29 is 26.7 Å². The van der Waals surface area contributed by atoms with Crippen molar-refractivity contribution in [1.29, 1.82) is 0 Å². The highest BCUT2D eigenvalue weighted by atomic mass is 19.4. The van der Waals surface area contributed by atoms with Crippen molar-refractivity contribution in [1.82, 2.24) is 9.97 Å². The molecule has 1 heterocycles. The highest BCUT2D eigenvalue weighted by Gasteiger charge is 2.26. The highest BCUT2D eigenvalue weighted by molar-refractivity contribution is 5.89. The van der Waals surface area contributed by atoms with E-state index >= 15 is 0 Å². The van der Waals surface area contributed by atoms with E-state index in [4.69, 9.17) is 4.74 Å². The molecule has 0 aliphatic rings. The lowest BCUT2D eigenvalue weighted by Gasteiger charge is -2.12. The molecule has 0 spiro atoms. The molecule has 0 amide bonds. The average molecular weight is 357 g/mol. The van der Waals surface area contributed by atoms with E-state index in [2.05, 4.69) is 15.3 Å². The van der Waals surface area contributed by atoms with Gasteiger partial charge in [-0.25, -0.2) is 13.8 Å². The molecule has 9 heteroatoms. The maximum Gasteiger partial charge on any atom is 0.390 e. The van der Waals surface area contributed by atoms with Gasteiger partial charge in [0, 0.05) is 24.7 Å². The molecular formula is C16H12F5N3O. The van der Waals surface area contributed by atoms with Crippen molar-refractivity contribution in [3.05, 3.63) is 48.3 Å². The zero-order valence-electron chi connectivity index (χ0n) is 12.6. The SMILES string of the molecule is Fc1ccc(Oc2cc(NCCC(F)(F)F)c3nc[nH]c3c2)cc1F. The first-order valence-electron chi connectivity index (χ1n) is 7.22. The number of benzene rings is 2. The summed E-state index contributed by atoms with van der Waals surface area (Å²) in [6.45, 7) is -0.333. The van der Waals surface area contributed by atoms with E-state index in [0.29, 0.717) is 16.7 Å². The van der Waals surface area contributed by atoms with Gasteiger partial charge in [0.25, 0.3) is 0 Å². The number of aromatic nitrogens is 2. The number of aromatic amines is 1. The molecule has 3 rings (SSSR count). The van der Waals surface area contributed by atoms with E-state index in [1.807, 2.05) is 0 Å². The van der Waals surface area contributed by atoms with E-state index in [9.17, 15) is 22.0 Å². The standard InChI is InChI=1S/C16H12F5N3O/c17-11-2-1-9(5-12(11)18)25-10-6-13(22-4-3-16(19,20)21)15-14(7-10)23-8-24-15/h1-2,5-8,22H,3-4H2,(H,23,24). The molecule has 0 fully saturated rings. The molecule has 0 saturated carbocycles. The predicted molar refractivity (Wildman–Crippen MR) is 81.7 cm³/mol. The largest absolute Gasteiger partial charge is 0.457 e. The van der Waals surface area contributed by atoms with E-state index in [-0.39, 0.29) is 18.0 Å². The number of alkyl halides is 3. The number of imidazole rings is 1. The van der Waals surface area contributed by atoms with Gasteiger partial charge in [-0.15, -0.1) is 0 Å². The van der Waals surface area contributed by atoms with E-state index in [0.717, 1.165) is 12.1 Å². The van der Waals surface area contributed by atoms with Crippen LogP contribution >= 0.6 is 0 Å². The van der Waals surface area contributed by atoms with E-state index in [1.165, 1.54) is 18.5 Å². The van der Waals surface area contributed by atoms with Crippen molar-refractivity contribution in [3.63, 3.8) is 0 Å². The second-order valence-electron chi connectivity index (χ2n) is 5.24. The molecule has 2 aromatic carbocycles. The van der Waals surface area contributed by atoms with E-state index < -0.39 is 24.2 Å². The summed E-state index contributed by atoms with van der Waals surface area (Å²) in [6.07, 6.45) is -3.90. The second-order valence-corrected chi connectivity index (χ2v) is 5.24. The fraction of sp³-hybridized carbons (Fsp3) is 0.188. The molecule has 4 nitrogen and oxygen atoms in total. The Bertz CT molecular complexity index is 891. The van der Waals surface area contributed by atoms with Crippen LogP contribution < -0.4 is 10.1 Å². The van der Waals surface area contributed by atoms with Crippen LogP contribution in [-0.4, -0.2) is 22.7 Å². The Labute approximate surface area is 138 Å². The van der Waals surface area contributed by atoms with Gasteiger partial charge in [-0.05, 0) is 12.1 Å². The summed E-state index contributed by atoms with van der Waals surface area (Å²) in [7, 11) is 0. The Hall–Kier alpha value is -2.84. The molecule has 0 bridgehead atoms. The minimum atomic E-state index is -4.28. The monoisotopic (exact) mass is 357 g/mol. The molecule has 0 aliphatic heterocycles. The molecule has 2 N–H and O–H groups in total. The summed E-state index contributed by atoms with van der Waals surface area (Å²) >= 11 is 0. The van der Waals surface area contributed by atoms with Crippen LogP contribution in [0.1, 0.15) is 6.42 Å². The first-order chi connectivity index (χ1) is 11.8.